The molecule has 0 fully saturated rings. The minimum atomic E-state index is -0.509. The van der Waals surface area contributed by atoms with Crippen molar-refractivity contribution in [2.75, 3.05) is 19.0 Å². The van der Waals surface area contributed by atoms with Gasteiger partial charge < -0.3 is 19.8 Å². The number of amides is 1. The third-order valence-corrected chi connectivity index (χ3v) is 8.60. The number of hydrogen-bond donors (Lipinski definition) is 2. The number of esters is 1. The van der Waals surface area contributed by atoms with Gasteiger partial charge in [0.2, 0.25) is 0 Å². The highest BCUT2D eigenvalue weighted by atomic mass is 35.5. The van der Waals surface area contributed by atoms with Crippen LogP contribution in [-0.4, -0.2) is 45.3 Å². The van der Waals surface area contributed by atoms with Gasteiger partial charge in [-0.05, 0) is 87.6 Å². The van der Waals surface area contributed by atoms with Gasteiger partial charge in [0.1, 0.15) is 17.3 Å². The van der Waals surface area contributed by atoms with Crippen molar-refractivity contribution in [3.8, 4) is 16.9 Å². The summed E-state index contributed by atoms with van der Waals surface area (Å²) in [4.78, 5) is 33.2. The molecule has 0 atom stereocenters. The van der Waals surface area contributed by atoms with Gasteiger partial charge in [0.25, 0.3) is 5.91 Å². The molecule has 0 radical (unpaired) electrons. The van der Waals surface area contributed by atoms with Gasteiger partial charge in [-0.15, -0.1) is 0 Å². The van der Waals surface area contributed by atoms with E-state index in [1.54, 1.807) is 12.1 Å². The van der Waals surface area contributed by atoms with E-state index < -0.39 is 5.97 Å². The smallest absolute Gasteiger partial charge is 0.339 e. The quantitative estimate of drug-likeness (QED) is 0.128. The number of H-pyrrole nitrogens is 1. The maximum absolute atomic E-state index is 13.7. The molecule has 0 aliphatic rings. The average molecular weight is 635 g/mol. The Balaban J connectivity index is 1.50. The van der Waals surface area contributed by atoms with Gasteiger partial charge >= 0.3 is 5.97 Å². The van der Waals surface area contributed by atoms with E-state index in [9.17, 15) is 9.59 Å². The minimum absolute atomic E-state index is 0.282. The zero-order valence-electron chi connectivity index (χ0n) is 25.4. The molecule has 0 unspecified atom stereocenters. The summed E-state index contributed by atoms with van der Waals surface area (Å²) in [7, 11) is 3.19. The molecular formula is C33H33Cl2N5O4. The van der Waals surface area contributed by atoms with Crippen molar-refractivity contribution in [2.45, 2.75) is 40.5 Å². The maximum Gasteiger partial charge on any atom is 0.339 e. The standard InChI is InChI=1S/C33H33Cl2N5O4/c1-17-14-22(15-18(2)29(17)35)44-13-7-8-23-24-10-11-25(34)28(27-19(3)39-40(5)20(27)4)30(24)38-31(23)32(41)37-26-12-9-21(16-36-26)33(42)43-6/h9-12,14-16,38H,7-8,13H2,1-6H3,(H,36,37,41). The van der Waals surface area contributed by atoms with Crippen molar-refractivity contribution in [1.29, 1.82) is 0 Å². The normalized spacial score (nSPS) is 11.2. The van der Waals surface area contributed by atoms with Crippen LogP contribution in [0.3, 0.4) is 0 Å². The molecule has 0 bridgehead atoms. The van der Waals surface area contributed by atoms with E-state index >= 15 is 0 Å². The van der Waals surface area contributed by atoms with Crippen LogP contribution in [0.5, 0.6) is 5.75 Å². The first-order valence-corrected chi connectivity index (χ1v) is 14.8. The summed E-state index contributed by atoms with van der Waals surface area (Å²) >= 11 is 13.1. The molecule has 228 valence electrons. The molecule has 0 saturated heterocycles. The summed E-state index contributed by atoms with van der Waals surface area (Å²) in [5.41, 5.74) is 7.64. The number of nitrogens with zero attached hydrogens (tertiary/aromatic N) is 3. The lowest BCUT2D eigenvalue weighted by atomic mass is 9.98. The second kappa shape index (κ2) is 12.7. The lowest BCUT2D eigenvalue weighted by molar-refractivity contribution is 0.0600. The van der Waals surface area contributed by atoms with E-state index in [1.165, 1.54) is 13.3 Å². The first-order chi connectivity index (χ1) is 21.0. The summed E-state index contributed by atoms with van der Waals surface area (Å²) < 4.78 is 12.6. The molecule has 0 saturated carbocycles. The lowest BCUT2D eigenvalue weighted by Gasteiger charge is -2.11. The Hall–Kier alpha value is -4.34. The van der Waals surface area contributed by atoms with Gasteiger partial charge in [-0.3, -0.25) is 9.48 Å². The molecule has 44 heavy (non-hydrogen) atoms. The predicted molar refractivity (Wildman–Crippen MR) is 173 cm³/mol. The van der Waals surface area contributed by atoms with Gasteiger partial charge in [-0.1, -0.05) is 29.3 Å². The number of aromatic amines is 1. The zero-order chi connectivity index (χ0) is 31.7. The molecular weight excluding hydrogens is 601 g/mol. The number of methoxy groups -OCH3 is 1. The number of aryl methyl sites for hydroxylation is 5. The number of nitrogens with one attached hydrogen (secondary N) is 2. The van der Waals surface area contributed by atoms with Crippen molar-refractivity contribution in [3.05, 3.63) is 92.0 Å². The second-order valence-corrected chi connectivity index (χ2v) is 11.5. The van der Waals surface area contributed by atoms with E-state index in [1.807, 2.05) is 63.7 Å². The summed E-state index contributed by atoms with van der Waals surface area (Å²) in [6, 6.07) is 10.7. The molecule has 3 aromatic heterocycles. The molecule has 3 heterocycles. The topological polar surface area (TPSA) is 111 Å². The van der Waals surface area contributed by atoms with Crippen LogP contribution in [-0.2, 0) is 18.2 Å². The molecule has 0 aliphatic heterocycles. The average Bonchev–Trinajstić information content (AvgIpc) is 3.49. The van der Waals surface area contributed by atoms with E-state index in [0.29, 0.717) is 36.0 Å². The maximum atomic E-state index is 13.7. The van der Waals surface area contributed by atoms with Crippen LogP contribution in [0.2, 0.25) is 10.0 Å². The number of benzene rings is 2. The zero-order valence-corrected chi connectivity index (χ0v) is 26.9. The van der Waals surface area contributed by atoms with Crippen molar-refractivity contribution in [2.24, 2.45) is 7.05 Å². The van der Waals surface area contributed by atoms with E-state index in [2.05, 4.69) is 20.4 Å². The van der Waals surface area contributed by atoms with Crippen LogP contribution in [0.15, 0.2) is 42.6 Å². The second-order valence-electron chi connectivity index (χ2n) is 10.7. The highest BCUT2D eigenvalue weighted by molar-refractivity contribution is 6.35. The minimum Gasteiger partial charge on any atom is -0.494 e. The number of halogens is 2. The Bertz CT molecular complexity index is 1870. The van der Waals surface area contributed by atoms with Crippen LogP contribution in [0.1, 0.15) is 55.3 Å². The fourth-order valence-corrected chi connectivity index (χ4v) is 5.80. The number of aromatic nitrogens is 4. The Morgan fingerprint density at radius 3 is 2.36 bits per heavy atom. The number of anilines is 1. The summed E-state index contributed by atoms with van der Waals surface area (Å²) in [5.74, 6) is 0.159. The number of rotatable bonds is 9. The van der Waals surface area contributed by atoms with Gasteiger partial charge in [0.15, 0.2) is 0 Å². The number of hydrogen-bond acceptors (Lipinski definition) is 6. The van der Waals surface area contributed by atoms with Crippen molar-refractivity contribution in [3.63, 3.8) is 0 Å². The Labute approximate surface area is 265 Å². The van der Waals surface area contributed by atoms with Crippen molar-refractivity contribution in [1.82, 2.24) is 19.7 Å². The third-order valence-electron chi connectivity index (χ3n) is 7.69. The number of pyridine rings is 1. The fourth-order valence-electron chi connectivity index (χ4n) is 5.44. The van der Waals surface area contributed by atoms with Crippen LogP contribution < -0.4 is 10.1 Å². The Morgan fingerprint density at radius 1 is 1.02 bits per heavy atom. The molecule has 5 aromatic rings. The van der Waals surface area contributed by atoms with Crippen LogP contribution in [0.4, 0.5) is 5.82 Å². The third kappa shape index (κ3) is 6.02. The van der Waals surface area contributed by atoms with Crippen LogP contribution >= 0.6 is 23.2 Å². The Kier molecular flexibility index (Phi) is 8.99. The largest absolute Gasteiger partial charge is 0.494 e. The predicted octanol–water partition coefficient (Wildman–Crippen LogP) is 7.55. The van der Waals surface area contributed by atoms with Crippen molar-refractivity contribution < 1.29 is 19.1 Å². The first-order valence-electron chi connectivity index (χ1n) is 14.1. The van der Waals surface area contributed by atoms with Gasteiger partial charge in [0, 0.05) is 40.5 Å². The van der Waals surface area contributed by atoms with Gasteiger partial charge in [-0.25, -0.2) is 9.78 Å². The molecule has 5 rings (SSSR count). The number of ether oxygens (including phenoxy) is 2. The number of carbonyl (C=O) groups excluding carboxylic acids is 2. The fraction of sp³-hybridized carbons (Fsp3) is 0.273. The van der Waals surface area contributed by atoms with Gasteiger partial charge in [-0.2, -0.15) is 5.10 Å². The first kappa shape index (κ1) is 31.1. The van der Waals surface area contributed by atoms with E-state index in [4.69, 9.17) is 32.7 Å². The van der Waals surface area contributed by atoms with Crippen LogP contribution in [0.25, 0.3) is 22.0 Å². The van der Waals surface area contributed by atoms with E-state index in [-0.39, 0.29) is 11.5 Å². The highest BCUT2D eigenvalue weighted by Gasteiger charge is 2.24. The molecule has 2 N–H and O–H groups in total. The molecule has 2 aromatic carbocycles. The van der Waals surface area contributed by atoms with Gasteiger partial charge in [0.05, 0.1) is 35.5 Å². The molecule has 0 spiro atoms. The summed E-state index contributed by atoms with van der Waals surface area (Å²) in [6.45, 7) is 8.27. The number of carbonyl (C=O) groups is 2. The Morgan fingerprint density at radius 2 is 1.75 bits per heavy atom. The van der Waals surface area contributed by atoms with Crippen molar-refractivity contribution >= 4 is 51.8 Å². The number of fused-ring (bicyclic) bond motifs is 1. The monoisotopic (exact) mass is 633 g/mol. The molecule has 11 heteroatoms. The summed E-state index contributed by atoms with van der Waals surface area (Å²) in [6.07, 6.45) is 2.55. The molecule has 9 nitrogen and oxygen atoms in total. The van der Waals surface area contributed by atoms with E-state index in [0.717, 1.165) is 60.9 Å². The highest BCUT2D eigenvalue weighted by Crippen LogP contribution is 2.40. The molecule has 1 amide bonds. The van der Waals surface area contributed by atoms with Crippen LogP contribution in [0, 0.1) is 27.7 Å². The lowest BCUT2D eigenvalue weighted by Crippen LogP contribution is -2.16. The summed E-state index contributed by atoms with van der Waals surface area (Å²) in [5, 5.41) is 9.60. The SMILES string of the molecule is COC(=O)c1ccc(NC(=O)c2[nH]c3c(-c4c(C)nn(C)c4C)c(Cl)ccc3c2CCCOc2cc(C)c(Cl)c(C)c2)nc1. The molecule has 0 aliphatic carbocycles.